The van der Waals surface area contributed by atoms with Gasteiger partial charge in [-0.2, -0.15) is 0 Å². The summed E-state index contributed by atoms with van der Waals surface area (Å²) in [4.78, 5) is 14.3. The molecular formula is C10H18N2OS. The SMILES string of the molecule is CC(C)(C)C(=O)N1CCSC12CNC2. The topological polar surface area (TPSA) is 32.3 Å². The van der Waals surface area contributed by atoms with Crippen LogP contribution in [0.4, 0.5) is 0 Å². The van der Waals surface area contributed by atoms with E-state index in [1.165, 1.54) is 0 Å². The Morgan fingerprint density at radius 3 is 2.50 bits per heavy atom. The van der Waals surface area contributed by atoms with Gasteiger partial charge in [0, 0.05) is 30.8 Å². The Morgan fingerprint density at radius 1 is 1.43 bits per heavy atom. The molecule has 1 N–H and O–H groups in total. The summed E-state index contributed by atoms with van der Waals surface area (Å²) >= 11 is 1.93. The molecule has 2 saturated heterocycles. The van der Waals surface area contributed by atoms with Crippen LogP contribution in [0, 0.1) is 5.41 Å². The molecule has 80 valence electrons. The molecule has 14 heavy (non-hydrogen) atoms. The van der Waals surface area contributed by atoms with Crippen molar-refractivity contribution in [2.24, 2.45) is 5.41 Å². The molecule has 2 aliphatic rings. The number of hydrogen-bond acceptors (Lipinski definition) is 3. The molecule has 0 bridgehead atoms. The van der Waals surface area contributed by atoms with Gasteiger partial charge in [-0.3, -0.25) is 4.79 Å². The van der Waals surface area contributed by atoms with Crippen molar-refractivity contribution >= 4 is 17.7 Å². The van der Waals surface area contributed by atoms with Gasteiger partial charge in [-0.05, 0) is 0 Å². The fraction of sp³-hybridized carbons (Fsp3) is 0.900. The van der Waals surface area contributed by atoms with E-state index in [0.29, 0.717) is 5.91 Å². The summed E-state index contributed by atoms with van der Waals surface area (Å²) in [6.07, 6.45) is 0. The predicted octanol–water partition coefficient (Wildman–Crippen LogP) is 0.907. The Hall–Kier alpha value is -0.220. The molecule has 0 aromatic rings. The lowest BCUT2D eigenvalue weighted by Crippen LogP contribution is -2.66. The van der Waals surface area contributed by atoms with Crippen LogP contribution in [0.5, 0.6) is 0 Å². The first-order valence-corrected chi connectivity index (χ1v) is 6.11. The average molecular weight is 214 g/mol. The Bertz CT molecular complexity index is 255. The van der Waals surface area contributed by atoms with E-state index in [1.54, 1.807) is 0 Å². The molecule has 2 rings (SSSR count). The molecule has 4 heteroatoms. The third-order valence-electron chi connectivity index (χ3n) is 2.87. The summed E-state index contributed by atoms with van der Waals surface area (Å²) in [5.41, 5.74) is -0.243. The molecule has 0 aromatic heterocycles. The maximum atomic E-state index is 12.2. The van der Waals surface area contributed by atoms with Gasteiger partial charge in [0.25, 0.3) is 0 Å². The predicted molar refractivity (Wildman–Crippen MR) is 59.2 cm³/mol. The lowest BCUT2D eigenvalue weighted by atomic mass is 9.93. The van der Waals surface area contributed by atoms with Crippen LogP contribution in [0.1, 0.15) is 20.8 Å². The smallest absolute Gasteiger partial charge is 0.229 e. The van der Waals surface area contributed by atoms with E-state index in [-0.39, 0.29) is 10.3 Å². The summed E-state index contributed by atoms with van der Waals surface area (Å²) in [6, 6.07) is 0. The van der Waals surface area contributed by atoms with Crippen LogP contribution in [0.2, 0.25) is 0 Å². The standard InChI is InChI=1S/C10H18N2OS/c1-9(2,3)8(13)12-4-5-14-10(12)6-11-7-10/h11H,4-7H2,1-3H3. The molecule has 2 fully saturated rings. The number of rotatable bonds is 0. The van der Waals surface area contributed by atoms with E-state index in [9.17, 15) is 4.79 Å². The quantitative estimate of drug-likeness (QED) is 0.650. The summed E-state index contributed by atoms with van der Waals surface area (Å²) < 4.78 is 0. The minimum Gasteiger partial charge on any atom is -0.324 e. The average Bonchev–Trinajstić information content (AvgIpc) is 2.43. The molecule has 1 spiro atoms. The van der Waals surface area contributed by atoms with E-state index >= 15 is 0 Å². The monoisotopic (exact) mass is 214 g/mol. The van der Waals surface area contributed by atoms with Crippen molar-refractivity contribution in [1.29, 1.82) is 0 Å². The zero-order valence-electron chi connectivity index (χ0n) is 9.09. The van der Waals surface area contributed by atoms with Crippen molar-refractivity contribution in [3.05, 3.63) is 0 Å². The highest BCUT2D eigenvalue weighted by Crippen LogP contribution is 2.40. The van der Waals surface area contributed by atoms with E-state index < -0.39 is 0 Å². The molecule has 3 nitrogen and oxygen atoms in total. The van der Waals surface area contributed by atoms with Crippen LogP contribution in [-0.2, 0) is 4.79 Å². The lowest BCUT2D eigenvalue weighted by molar-refractivity contribution is -0.143. The Balaban J connectivity index is 2.14. The van der Waals surface area contributed by atoms with Crippen molar-refractivity contribution in [1.82, 2.24) is 10.2 Å². The van der Waals surface area contributed by atoms with Gasteiger partial charge < -0.3 is 10.2 Å². The highest BCUT2D eigenvalue weighted by molar-refractivity contribution is 8.01. The maximum Gasteiger partial charge on any atom is 0.229 e. The minimum absolute atomic E-state index is 0.102. The van der Waals surface area contributed by atoms with Crippen LogP contribution >= 0.6 is 11.8 Å². The first kappa shape index (κ1) is 10.3. The number of amides is 1. The number of nitrogens with one attached hydrogen (secondary N) is 1. The van der Waals surface area contributed by atoms with Crippen LogP contribution in [-0.4, -0.2) is 41.1 Å². The molecule has 2 aliphatic heterocycles. The van der Waals surface area contributed by atoms with Gasteiger partial charge in [0.2, 0.25) is 5.91 Å². The molecule has 0 atom stereocenters. The molecule has 0 saturated carbocycles. The van der Waals surface area contributed by atoms with Crippen molar-refractivity contribution in [2.75, 3.05) is 25.4 Å². The number of nitrogens with zero attached hydrogens (tertiary/aromatic N) is 1. The second kappa shape index (κ2) is 3.14. The fourth-order valence-electron chi connectivity index (χ4n) is 1.93. The van der Waals surface area contributed by atoms with Crippen molar-refractivity contribution < 1.29 is 4.79 Å². The van der Waals surface area contributed by atoms with Gasteiger partial charge in [0.05, 0.1) is 0 Å². The number of thioether (sulfide) groups is 1. The van der Waals surface area contributed by atoms with E-state index in [2.05, 4.69) is 10.2 Å². The van der Waals surface area contributed by atoms with Crippen LogP contribution in [0.25, 0.3) is 0 Å². The summed E-state index contributed by atoms with van der Waals surface area (Å²) in [6.45, 7) is 8.83. The molecular weight excluding hydrogens is 196 g/mol. The van der Waals surface area contributed by atoms with E-state index in [1.807, 2.05) is 32.5 Å². The molecule has 0 unspecified atom stereocenters. The molecule has 0 radical (unpaired) electrons. The first-order chi connectivity index (χ1) is 6.46. The molecule has 0 aromatic carbocycles. The van der Waals surface area contributed by atoms with Gasteiger partial charge >= 0.3 is 0 Å². The number of hydrogen-bond donors (Lipinski definition) is 1. The fourth-order valence-corrected chi connectivity index (χ4v) is 3.32. The first-order valence-electron chi connectivity index (χ1n) is 5.12. The lowest BCUT2D eigenvalue weighted by Gasteiger charge is -2.47. The third kappa shape index (κ3) is 1.44. The van der Waals surface area contributed by atoms with Gasteiger partial charge in [-0.1, -0.05) is 20.8 Å². The molecule has 1 amide bonds. The summed E-state index contributed by atoms with van der Waals surface area (Å²) in [5.74, 6) is 1.38. The van der Waals surface area contributed by atoms with E-state index in [0.717, 1.165) is 25.4 Å². The van der Waals surface area contributed by atoms with Gasteiger partial charge in [-0.25, -0.2) is 0 Å². The van der Waals surface area contributed by atoms with E-state index in [4.69, 9.17) is 0 Å². The largest absolute Gasteiger partial charge is 0.324 e. The Morgan fingerprint density at radius 2 is 2.07 bits per heavy atom. The Labute approximate surface area is 89.6 Å². The van der Waals surface area contributed by atoms with Crippen molar-refractivity contribution in [3.63, 3.8) is 0 Å². The zero-order chi connectivity index (χ0) is 10.4. The van der Waals surface area contributed by atoms with Crippen LogP contribution < -0.4 is 5.32 Å². The molecule has 0 aliphatic carbocycles. The summed E-state index contributed by atoms with van der Waals surface area (Å²) in [7, 11) is 0. The number of carbonyl (C=O) groups excluding carboxylic acids is 1. The van der Waals surface area contributed by atoms with Crippen LogP contribution in [0.3, 0.4) is 0 Å². The normalized spacial score (nSPS) is 25.2. The van der Waals surface area contributed by atoms with Crippen molar-refractivity contribution in [3.8, 4) is 0 Å². The van der Waals surface area contributed by atoms with Crippen molar-refractivity contribution in [2.45, 2.75) is 25.6 Å². The van der Waals surface area contributed by atoms with Crippen LogP contribution in [0.15, 0.2) is 0 Å². The maximum absolute atomic E-state index is 12.2. The van der Waals surface area contributed by atoms with Gasteiger partial charge in [0.1, 0.15) is 4.87 Å². The second-order valence-corrected chi connectivity index (χ2v) is 6.56. The highest BCUT2D eigenvalue weighted by atomic mass is 32.2. The third-order valence-corrected chi connectivity index (χ3v) is 4.30. The zero-order valence-corrected chi connectivity index (χ0v) is 9.91. The Kier molecular flexibility index (Phi) is 2.31. The number of carbonyl (C=O) groups is 1. The van der Waals surface area contributed by atoms with Gasteiger partial charge in [-0.15, -0.1) is 11.8 Å². The van der Waals surface area contributed by atoms with Gasteiger partial charge in [0.15, 0.2) is 0 Å². The summed E-state index contributed by atoms with van der Waals surface area (Å²) in [5, 5.41) is 3.27. The second-order valence-electron chi connectivity index (χ2n) is 5.10. The molecule has 2 heterocycles. The highest BCUT2D eigenvalue weighted by Gasteiger charge is 2.50. The minimum atomic E-state index is -0.243.